The molecule has 0 radical (unpaired) electrons. The third kappa shape index (κ3) is 2.30. The molecule has 0 saturated heterocycles. The lowest BCUT2D eigenvalue weighted by Crippen LogP contribution is -2.10. The highest BCUT2D eigenvalue weighted by molar-refractivity contribution is 9.10. The van der Waals surface area contributed by atoms with E-state index in [0.29, 0.717) is 0 Å². The van der Waals surface area contributed by atoms with Crippen molar-refractivity contribution in [3.05, 3.63) is 32.0 Å². The van der Waals surface area contributed by atoms with Gasteiger partial charge in [-0.1, -0.05) is 0 Å². The van der Waals surface area contributed by atoms with E-state index in [4.69, 9.17) is 5.11 Å². The van der Waals surface area contributed by atoms with Crippen LogP contribution in [0.25, 0.3) is 0 Å². The van der Waals surface area contributed by atoms with Crippen LogP contribution in [0.2, 0.25) is 0 Å². The molecule has 9 heteroatoms. The number of nitro groups is 1. The number of hydrogen-bond acceptors (Lipinski definition) is 4. The molecule has 1 aromatic heterocycles. The zero-order valence-corrected chi connectivity index (χ0v) is 8.94. The van der Waals surface area contributed by atoms with Crippen molar-refractivity contribution in [3.8, 4) is 0 Å². The molecule has 1 heterocycles. The van der Waals surface area contributed by atoms with Crippen molar-refractivity contribution >= 4 is 27.6 Å². The first-order chi connectivity index (χ1) is 7.34. The highest BCUT2D eigenvalue weighted by Crippen LogP contribution is 2.30. The predicted molar refractivity (Wildman–Crippen MR) is 50.5 cm³/mol. The average Bonchev–Trinajstić information content (AvgIpc) is 2.15. The van der Waals surface area contributed by atoms with Crippen molar-refractivity contribution < 1.29 is 23.6 Å². The molecule has 86 valence electrons. The summed E-state index contributed by atoms with van der Waals surface area (Å²) in [7, 11) is 0. The minimum Gasteiger partial charge on any atom is -0.477 e. The van der Waals surface area contributed by atoms with Gasteiger partial charge in [-0.05, 0) is 15.9 Å². The van der Waals surface area contributed by atoms with Crippen LogP contribution in [0.5, 0.6) is 0 Å². The Labute approximate surface area is 95.2 Å². The number of pyridine rings is 1. The molecule has 0 aromatic carbocycles. The number of aromatic carboxylic acids is 1. The number of nitrogens with zero attached hydrogens (tertiary/aromatic N) is 2. The molecule has 0 aliphatic rings. The molecule has 0 fully saturated rings. The lowest BCUT2D eigenvalue weighted by Gasteiger charge is -2.05. The van der Waals surface area contributed by atoms with Crippen molar-refractivity contribution in [2.24, 2.45) is 0 Å². The Morgan fingerprint density at radius 3 is 2.56 bits per heavy atom. The third-order valence-corrected chi connectivity index (χ3v) is 2.02. The van der Waals surface area contributed by atoms with E-state index in [1.807, 2.05) is 0 Å². The van der Waals surface area contributed by atoms with Gasteiger partial charge in [-0.3, -0.25) is 10.1 Å². The Balaban J connectivity index is 3.60. The largest absolute Gasteiger partial charge is 0.477 e. The van der Waals surface area contributed by atoms with Crippen molar-refractivity contribution in [3.63, 3.8) is 0 Å². The highest BCUT2D eigenvalue weighted by atomic mass is 79.9. The van der Waals surface area contributed by atoms with Crippen LogP contribution in [0.4, 0.5) is 14.5 Å². The lowest BCUT2D eigenvalue weighted by molar-refractivity contribution is -0.385. The smallest absolute Gasteiger partial charge is 0.344 e. The maximum Gasteiger partial charge on any atom is 0.344 e. The standard InChI is InChI=1S/C7H3BrF2N2O4/c8-3-1-2(12(15)16)4(7(13)14)5(11-3)6(9)10/h1,6H,(H,13,14). The number of carboxylic acids is 1. The number of aromatic nitrogens is 1. The molecule has 0 atom stereocenters. The van der Waals surface area contributed by atoms with E-state index in [1.165, 1.54) is 0 Å². The number of carbonyl (C=O) groups is 1. The van der Waals surface area contributed by atoms with Crippen LogP contribution in [0.3, 0.4) is 0 Å². The normalized spacial score (nSPS) is 10.5. The SMILES string of the molecule is O=C(O)c1c([N+](=O)[O-])cc(Br)nc1C(F)F. The van der Waals surface area contributed by atoms with Crippen LogP contribution in [-0.4, -0.2) is 21.0 Å². The summed E-state index contributed by atoms with van der Waals surface area (Å²) in [5.41, 5.74) is -3.15. The molecule has 0 bridgehead atoms. The minimum atomic E-state index is -3.21. The summed E-state index contributed by atoms with van der Waals surface area (Å²) < 4.78 is 24.7. The first-order valence-corrected chi connectivity index (χ1v) is 4.50. The second-order valence-electron chi connectivity index (χ2n) is 2.59. The molecule has 0 aliphatic heterocycles. The molecule has 1 aromatic rings. The second kappa shape index (κ2) is 4.47. The van der Waals surface area contributed by atoms with Gasteiger partial charge in [0.15, 0.2) is 5.56 Å². The maximum atomic E-state index is 12.4. The summed E-state index contributed by atoms with van der Waals surface area (Å²) in [5.74, 6) is -1.82. The first kappa shape index (κ1) is 12.4. The van der Waals surface area contributed by atoms with E-state index < -0.39 is 34.3 Å². The maximum absolute atomic E-state index is 12.4. The van der Waals surface area contributed by atoms with Gasteiger partial charge in [0.1, 0.15) is 10.3 Å². The first-order valence-electron chi connectivity index (χ1n) is 3.71. The summed E-state index contributed by atoms with van der Waals surface area (Å²) in [6.07, 6.45) is -3.21. The molecule has 1 rings (SSSR count). The van der Waals surface area contributed by atoms with E-state index in [2.05, 4.69) is 20.9 Å². The van der Waals surface area contributed by atoms with E-state index >= 15 is 0 Å². The Morgan fingerprint density at radius 2 is 2.19 bits per heavy atom. The molecule has 6 nitrogen and oxygen atoms in total. The van der Waals surface area contributed by atoms with Crippen LogP contribution in [0.15, 0.2) is 10.7 Å². The van der Waals surface area contributed by atoms with Crippen LogP contribution >= 0.6 is 15.9 Å². The molecule has 0 saturated carbocycles. The molecular formula is C7H3BrF2N2O4. The second-order valence-corrected chi connectivity index (χ2v) is 3.40. The van der Waals surface area contributed by atoms with E-state index in [0.717, 1.165) is 6.07 Å². The quantitative estimate of drug-likeness (QED) is 0.525. The summed E-state index contributed by atoms with van der Waals surface area (Å²) >= 11 is 2.69. The zero-order valence-electron chi connectivity index (χ0n) is 7.35. The van der Waals surface area contributed by atoms with Gasteiger partial charge in [-0.25, -0.2) is 18.6 Å². The minimum absolute atomic E-state index is 0.223. The highest BCUT2D eigenvalue weighted by Gasteiger charge is 2.30. The van der Waals surface area contributed by atoms with Gasteiger partial charge < -0.3 is 5.11 Å². The van der Waals surface area contributed by atoms with E-state index in [9.17, 15) is 23.7 Å². The topological polar surface area (TPSA) is 93.3 Å². The van der Waals surface area contributed by atoms with Gasteiger partial charge in [-0.2, -0.15) is 0 Å². The van der Waals surface area contributed by atoms with E-state index in [1.54, 1.807) is 0 Å². The van der Waals surface area contributed by atoms with Crippen molar-refractivity contribution in [1.29, 1.82) is 0 Å². The molecule has 1 N–H and O–H groups in total. The number of carboxylic acid groups (broad SMARTS) is 1. The Hall–Kier alpha value is -1.64. The Morgan fingerprint density at radius 1 is 1.62 bits per heavy atom. The average molecular weight is 297 g/mol. The summed E-state index contributed by atoms with van der Waals surface area (Å²) in [5, 5.41) is 19.1. The predicted octanol–water partition coefficient (Wildman–Crippen LogP) is 2.39. The zero-order chi connectivity index (χ0) is 12.5. The monoisotopic (exact) mass is 296 g/mol. The Kier molecular flexibility index (Phi) is 3.48. The molecule has 0 amide bonds. The van der Waals surface area contributed by atoms with Crippen molar-refractivity contribution in [2.45, 2.75) is 6.43 Å². The Bertz CT molecular complexity index is 466. The molecule has 0 spiro atoms. The summed E-state index contributed by atoms with van der Waals surface area (Å²) in [4.78, 5) is 23.3. The van der Waals surface area contributed by atoms with Gasteiger partial charge in [0.05, 0.1) is 4.92 Å². The summed E-state index contributed by atoms with van der Waals surface area (Å²) in [6, 6.07) is 0.759. The fourth-order valence-corrected chi connectivity index (χ4v) is 1.45. The van der Waals surface area contributed by atoms with Crippen molar-refractivity contribution in [1.82, 2.24) is 4.98 Å². The third-order valence-electron chi connectivity index (χ3n) is 1.61. The lowest BCUT2D eigenvalue weighted by atomic mass is 10.1. The van der Waals surface area contributed by atoms with Gasteiger partial charge >= 0.3 is 5.97 Å². The van der Waals surface area contributed by atoms with Gasteiger partial charge in [0.2, 0.25) is 0 Å². The van der Waals surface area contributed by atoms with E-state index in [-0.39, 0.29) is 4.60 Å². The van der Waals surface area contributed by atoms with Gasteiger partial charge in [0, 0.05) is 6.07 Å². The fourth-order valence-electron chi connectivity index (χ4n) is 1.04. The number of alkyl halides is 2. The number of halogens is 3. The van der Waals surface area contributed by atoms with Crippen LogP contribution < -0.4 is 0 Å². The van der Waals surface area contributed by atoms with Gasteiger partial charge in [-0.15, -0.1) is 0 Å². The number of rotatable bonds is 3. The molecule has 0 aliphatic carbocycles. The van der Waals surface area contributed by atoms with Gasteiger partial charge in [0.25, 0.3) is 12.1 Å². The summed E-state index contributed by atoms with van der Waals surface area (Å²) in [6.45, 7) is 0. The molecular weight excluding hydrogens is 294 g/mol. The molecule has 0 unspecified atom stereocenters. The van der Waals surface area contributed by atoms with Crippen molar-refractivity contribution in [2.75, 3.05) is 0 Å². The molecule has 16 heavy (non-hydrogen) atoms. The fraction of sp³-hybridized carbons (Fsp3) is 0.143. The number of hydrogen-bond donors (Lipinski definition) is 1. The van der Waals surface area contributed by atoms with Crippen LogP contribution in [0.1, 0.15) is 22.5 Å². The van der Waals surface area contributed by atoms with Crippen LogP contribution in [-0.2, 0) is 0 Å². The van der Waals surface area contributed by atoms with Crippen LogP contribution in [0, 0.1) is 10.1 Å².